The standard InChI is InChI=1S/C24H31F2N5O/c1-29(17-20-2-3-21(25)14-23(20)26)22-7-12-31(13-8-22)24(32)19-5-10-30(11-6-19)16-18-4-9-27-28-15-18/h2-4,9,14-15,19,22H,5-8,10-13,16-17H2,1H3. The summed E-state index contributed by atoms with van der Waals surface area (Å²) in [7, 11) is 1.97. The SMILES string of the molecule is CN(Cc1ccc(F)cc1F)C1CCN(C(=O)C2CCN(Cc3ccnnc3)CC2)CC1. The van der Waals surface area contributed by atoms with Crippen LogP contribution < -0.4 is 0 Å². The van der Waals surface area contributed by atoms with E-state index in [9.17, 15) is 13.6 Å². The topological polar surface area (TPSA) is 52.6 Å². The van der Waals surface area contributed by atoms with Crippen molar-refractivity contribution in [3.8, 4) is 0 Å². The van der Waals surface area contributed by atoms with Gasteiger partial charge in [0.1, 0.15) is 11.6 Å². The predicted molar refractivity (Wildman–Crippen MR) is 117 cm³/mol. The first-order valence-electron chi connectivity index (χ1n) is 11.4. The van der Waals surface area contributed by atoms with Crippen molar-refractivity contribution < 1.29 is 13.6 Å². The summed E-state index contributed by atoms with van der Waals surface area (Å²) in [4.78, 5) is 19.5. The molecular formula is C24H31F2N5O. The molecule has 0 radical (unpaired) electrons. The third-order valence-electron chi connectivity index (χ3n) is 6.82. The highest BCUT2D eigenvalue weighted by Crippen LogP contribution is 2.25. The largest absolute Gasteiger partial charge is 0.342 e. The van der Waals surface area contributed by atoms with Crippen molar-refractivity contribution >= 4 is 5.91 Å². The van der Waals surface area contributed by atoms with Gasteiger partial charge in [-0.15, -0.1) is 0 Å². The van der Waals surface area contributed by atoms with Crippen molar-refractivity contribution in [1.82, 2.24) is 24.9 Å². The molecule has 2 aliphatic rings. The molecule has 2 saturated heterocycles. The molecule has 172 valence electrons. The first-order valence-corrected chi connectivity index (χ1v) is 11.4. The Balaban J connectivity index is 1.21. The van der Waals surface area contributed by atoms with Gasteiger partial charge in [0, 0.05) is 56.0 Å². The van der Waals surface area contributed by atoms with Gasteiger partial charge in [0.15, 0.2) is 0 Å². The van der Waals surface area contributed by atoms with Gasteiger partial charge in [0.25, 0.3) is 0 Å². The molecule has 2 fully saturated rings. The van der Waals surface area contributed by atoms with Crippen LogP contribution in [0.15, 0.2) is 36.7 Å². The van der Waals surface area contributed by atoms with Crippen LogP contribution in [0.3, 0.4) is 0 Å². The zero-order valence-electron chi connectivity index (χ0n) is 18.6. The lowest BCUT2D eigenvalue weighted by atomic mass is 9.93. The second kappa shape index (κ2) is 10.4. The maximum Gasteiger partial charge on any atom is 0.225 e. The number of aromatic nitrogens is 2. The number of nitrogens with zero attached hydrogens (tertiary/aromatic N) is 5. The fourth-order valence-electron chi connectivity index (χ4n) is 4.84. The van der Waals surface area contributed by atoms with Crippen molar-refractivity contribution in [3.05, 3.63) is 59.4 Å². The number of halogens is 2. The molecule has 8 heteroatoms. The Morgan fingerprint density at radius 1 is 1.06 bits per heavy atom. The highest BCUT2D eigenvalue weighted by molar-refractivity contribution is 5.79. The van der Waals surface area contributed by atoms with Crippen molar-refractivity contribution in [1.29, 1.82) is 0 Å². The lowest BCUT2D eigenvalue weighted by molar-refractivity contribution is -0.138. The second-order valence-corrected chi connectivity index (χ2v) is 9.01. The summed E-state index contributed by atoms with van der Waals surface area (Å²) in [5, 5.41) is 7.75. The Bertz CT molecular complexity index is 897. The average Bonchev–Trinajstić information content (AvgIpc) is 2.82. The highest BCUT2D eigenvalue weighted by atomic mass is 19.1. The summed E-state index contributed by atoms with van der Waals surface area (Å²) in [5.41, 5.74) is 1.65. The van der Waals surface area contributed by atoms with Gasteiger partial charge in [-0.2, -0.15) is 10.2 Å². The molecule has 4 rings (SSSR count). The van der Waals surface area contributed by atoms with Crippen LogP contribution in [0.5, 0.6) is 0 Å². The van der Waals surface area contributed by atoms with Crippen LogP contribution in [0.1, 0.15) is 36.8 Å². The van der Waals surface area contributed by atoms with E-state index in [1.807, 2.05) is 18.0 Å². The van der Waals surface area contributed by atoms with E-state index < -0.39 is 11.6 Å². The first kappa shape index (κ1) is 22.7. The molecule has 3 heterocycles. The molecule has 0 spiro atoms. The van der Waals surface area contributed by atoms with Crippen molar-refractivity contribution in [2.75, 3.05) is 33.2 Å². The van der Waals surface area contributed by atoms with Gasteiger partial charge in [-0.3, -0.25) is 14.6 Å². The minimum absolute atomic E-state index is 0.101. The van der Waals surface area contributed by atoms with Crippen LogP contribution in [0.4, 0.5) is 8.78 Å². The monoisotopic (exact) mass is 443 g/mol. The summed E-state index contributed by atoms with van der Waals surface area (Å²) in [6.45, 7) is 4.60. The van der Waals surface area contributed by atoms with Crippen LogP contribution in [-0.4, -0.2) is 70.1 Å². The number of rotatable bonds is 6. The van der Waals surface area contributed by atoms with Crippen LogP contribution in [0.2, 0.25) is 0 Å². The number of hydrogen-bond acceptors (Lipinski definition) is 5. The molecule has 1 amide bonds. The van der Waals surface area contributed by atoms with Crippen molar-refractivity contribution in [2.24, 2.45) is 5.92 Å². The molecule has 0 unspecified atom stereocenters. The lowest BCUT2D eigenvalue weighted by Gasteiger charge is -2.39. The minimum Gasteiger partial charge on any atom is -0.342 e. The molecule has 1 aromatic carbocycles. The molecule has 0 aliphatic carbocycles. The molecule has 6 nitrogen and oxygen atoms in total. The van der Waals surface area contributed by atoms with Crippen LogP contribution in [0, 0.1) is 17.6 Å². The van der Waals surface area contributed by atoms with Crippen LogP contribution >= 0.6 is 0 Å². The van der Waals surface area contributed by atoms with Gasteiger partial charge in [-0.1, -0.05) is 6.07 Å². The Labute approximate surface area is 188 Å². The lowest BCUT2D eigenvalue weighted by Crippen LogP contribution is -2.48. The van der Waals surface area contributed by atoms with E-state index in [2.05, 4.69) is 20.0 Å². The zero-order valence-corrected chi connectivity index (χ0v) is 18.6. The molecule has 2 aromatic rings. The summed E-state index contributed by atoms with van der Waals surface area (Å²) < 4.78 is 27.1. The fourth-order valence-corrected chi connectivity index (χ4v) is 4.84. The first-order chi connectivity index (χ1) is 15.5. The maximum atomic E-state index is 14.0. The van der Waals surface area contributed by atoms with E-state index in [1.165, 1.54) is 12.1 Å². The number of hydrogen-bond donors (Lipinski definition) is 0. The molecular weight excluding hydrogens is 412 g/mol. The van der Waals surface area contributed by atoms with Gasteiger partial charge in [-0.05, 0) is 63.5 Å². The smallest absolute Gasteiger partial charge is 0.225 e. The molecule has 0 atom stereocenters. The van der Waals surface area contributed by atoms with Gasteiger partial charge in [0.2, 0.25) is 5.91 Å². The third-order valence-corrected chi connectivity index (χ3v) is 6.82. The summed E-state index contributed by atoms with van der Waals surface area (Å²) >= 11 is 0. The number of carbonyl (C=O) groups excluding carboxylic acids is 1. The van der Waals surface area contributed by atoms with E-state index in [1.54, 1.807) is 12.4 Å². The normalized spacial score (nSPS) is 18.9. The quantitative estimate of drug-likeness (QED) is 0.687. The Morgan fingerprint density at radius 3 is 2.47 bits per heavy atom. The summed E-state index contributed by atoms with van der Waals surface area (Å²) in [5.74, 6) is -0.678. The molecule has 0 N–H and O–H groups in total. The molecule has 0 saturated carbocycles. The van der Waals surface area contributed by atoms with Gasteiger partial charge in [0.05, 0.1) is 6.20 Å². The Morgan fingerprint density at radius 2 is 1.81 bits per heavy atom. The number of amides is 1. The molecule has 2 aliphatic heterocycles. The van der Waals surface area contributed by atoms with E-state index in [0.29, 0.717) is 18.2 Å². The number of benzene rings is 1. The van der Waals surface area contributed by atoms with Crippen molar-refractivity contribution in [2.45, 2.75) is 44.8 Å². The second-order valence-electron chi connectivity index (χ2n) is 9.01. The van der Waals surface area contributed by atoms with Crippen molar-refractivity contribution in [3.63, 3.8) is 0 Å². The number of piperidine rings is 2. The van der Waals surface area contributed by atoms with E-state index in [-0.39, 0.29) is 11.8 Å². The average molecular weight is 444 g/mol. The molecule has 1 aromatic heterocycles. The number of carbonyl (C=O) groups is 1. The minimum atomic E-state index is -0.555. The van der Waals surface area contributed by atoms with E-state index in [0.717, 1.165) is 70.0 Å². The Kier molecular flexibility index (Phi) is 7.42. The summed E-state index contributed by atoms with van der Waals surface area (Å²) in [6, 6.07) is 6.02. The van der Waals surface area contributed by atoms with Crippen LogP contribution in [0.25, 0.3) is 0 Å². The number of likely N-dealkylation sites (tertiary alicyclic amines) is 2. The van der Waals surface area contributed by atoms with Gasteiger partial charge in [-0.25, -0.2) is 8.78 Å². The van der Waals surface area contributed by atoms with Gasteiger partial charge < -0.3 is 4.90 Å². The Hall–Kier alpha value is -2.45. The van der Waals surface area contributed by atoms with E-state index in [4.69, 9.17) is 0 Å². The van der Waals surface area contributed by atoms with Gasteiger partial charge >= 0.3 is 0 Å². The predicted octanol–water partition coefficient (Wildman–Crippen LogP) is 3.09. The summed E-state index contributed by atoms with van der Waals surface area (Å²) in [6.07, 6.45) is 7.03. The maximum absolute atomic E-state index is 14.0. The fraction of sp³-hybridized carbons (Fsp3) is 0.542. The third kappa shape index (κ3) is 5.66. The zero-order chi connectivity index (χ0) is 22.5. The van der Waals surface area contributed by atoms with E-state index >= 15 is 0 Å². The molecule has 0 bridgehead atoms. The molecule has 32 heavy (non-hydrogen) atoms. The van der Waals surface area contributed by atoms with Crippen LogP contribution in [-0.2, 0) is 17.9 Å². The highest BCUT2D eigenvalue weighted by Gasteiger charge is 2.31.